The molecule has 2 aromatic rings. The third kappa shape index (κ3) is 2.16. The van der Waals surface area contributed by atoms with Crippen LogP contribution in [0.2, 0.25) is 0 Å². The minimum Gasteiger partial charge on any atom is -0.0764 e. The number of fused-ring (bicyclic) bond motifs is 1. The van der Waals surface area contributed by atoms with E-state index in [2.05, 4.69) is 66.7 Å². The Kier molecular flexibility index (Phi) is 2.79. The average Bonchev–Trinajstić information content (AvgIpc) is 2.81. The SMILES string of the molecule is C(=CC1CCc2ccccc21)c1ccccc1. The molecule has 0 nitrogen and oxygen atoms in total. The van der Waals surface area contributed by atoms with Gasteiger partial charge in [-0.25, -0.2) is 0 Å². The minimum absolute atomic E-state index is 0.603. The first-order valence-corrected chi connectivity index (χ1v) is 6.24. The van der Waals surface area contributed by atoms with Crippen LogP contribution in [0.15, 0.2) is 60.7 Å². The van der Waals surface area contributed by atoms with Crippen molar-refractivity contribution in [2.45, 2.75) is 18.8 Å². The predicted molar refractivity (Wildman–Crippen MR) is 73.0 cm³/mol. The molecule has 0 amide bonds. The van der Waals surface area contributed by atoms with E-state index in [1.54, 1.807) is 0 Å². The zero-order valence-corrected chi connectivity index (χ0v) is 9.84. The van der Waals surface area contributed by atoms with Gasteiger partial charge in [-0.1, -0.05) is 66.7 Å². The lowest BCUT2D eigenvalue weighted by Gasteiger charge is -2.05. The highest BCUT2D eigenvalue weighted by Crippen LogP contribution is 2.34. The van der Waals surface area contributed by atoms with Gasteiger partial charge < -0.3 is 0 Å². The Balaban J connectivity index is 1.82. The molecule has 1 unspecified atom stereocenters. The van der Waals surface area contributed by atoms with Gasteiger partial charge in [0, 0.05) is 5.92 Å². The number of rotatable bonds is 2. The van der Waals surface area contributed by atoms with E-state index in [0.29, 0.717) is 5.92 Å². The molecule has 0 saturated carbocycles. The van der Waals surface area contributed by atoms with Crippen LogP contribution < -0.4 is 0 Å². The lowest BCUT2D eigenvalue weighted by Crippen LogP contribution is -1.87. The second-order valence-electron chi connectivity index (χ2n) is 4.61. The number of benzene rings is 2. The fourth-order valence-corrected chi connectivity index (χ4v) is 2.58. The van der Waals surface area contributed by atoms with Gasteiger partial charge in [-0.05, 0) is 29.5 Å². The van der Waals surface area contributed by atoms with Crippen molar-refractivity contribution in [3.63, 3.8) is 0 Å². The van der Waals surface area contributed by atoms with E-state index >= 15 is 0 Å². The molecule has 0 fully saturated rings. The summed E-state index contributed by atoms with van der Waals surface area (Å²) in [5, 5.41) is 0. The van der Waals surface area contributed by atoms with Gasteiger partial charge in [-0.15, -0.1) is 0 Å². The van der Waals surface area contributed by atoms with Gasteiger partial charge in [-0.3, -0.25) is 0 Å². The molecule has 0 N–H and O–H groups in total. The van der Waals surface area contributed by atoms with Crippen molar-refractivity contribution in [2.75, 3.05) is 0 Å². The summed E-state index contributed by atoms with van der Waals surface area (Å²) in [5.41, 5.74) is 4.33. The summed E-state index contributed by atoms with van der Waals surface area (Å²) in [4.78, 5) is 0. The molecule has 0 saturated heterocycles. The molecule has 2 aromatic carbocycles. The Bertz CT molecular complexity index is 523. The van der Waals surface area contributed by atoms with Gasteiger partial charge in [0.05, 0.1) is 0 Å². The van der Waals surface area contributed by atoms with Crippen molar-refractivity contribution in [3.05, 3.63) is 77.4 Å². The maximum atomic E-state index is 2.35. The van der Waals surface area contributed by atoms with Gasteiger partial charge in [0.1, 0.15) is 0 Å². The maximum absolute atomic E-state index is 2.35. The van der Waals surface area contributed by atoms with Crippen LogP contribution in [-0.4, -0.2) is 0 Å². The predicted octanol–water partition coefficient (Wildman–Crippen LogP) is 4.43. The zero-order valence-electron chi connectivity index (χ0n) is 9.84. The highest BCUT2D eigenvalue weighted by atomic mass is 14.2. The molecule has 0 heteroatoms. The van der Waals surface area contributed by atoms with Crippen LogP contribution in [-0.2, 0) is 6.42 Å². The third-order valence-electron chi connectivity index (χ3n) is 3.50. The standard InChI is InChI=1S/C17H16/c1-2-6-14(7-3-1)10-11-16-13-12-15-8-4-5-9-17(15)16/h1-11,16H,12-13H2. The zero-order chi connectivity index (χ0) is 11.5. The van der Waals surface area contributed by atoms with Gasteiger partial charge in [0.25, 0.3) is 0 Å². The third-order valence-corrected chi connectivity index (χ3v) is 3.50. The maximum Gasteiger partial charge on any atom is 0.00271 e. The lowest BCUT2D eigenvalue weighted by atomic mass is 10.00. The van der Waals surface area contributed by atoms with Gasteiger partial charge >= 0.3 is 0 Å². The highest BCUT2D eigenvalue weighted by Gasteiger charge is 2.18. The second kappa shape index (κ2) is 4.58. The van der Waals surface area contributed by atoms with Crippen molar-refractivity contribution >= 4 is 6.08 Å². The summed E-state index contributed by atoms with van der Waals surface area (Å²) in [6, 6.07) is 19.3. The van der Waals surface area contributed by atoms with Crippen molar-refractivity contribution in [2.24, 2.45) is 0 Å². The Morgan fingerprint density at radius 1 is 0.882 bits per heavy atom. The van der Waals surface area contributed by atoms with Crippen LogP contribution in [0.3, 0.4) is 0 Å². The lowest BCUT2D eigenvalue weighted by molar-refractivity contribution is 0.817. The molecular weight excluding hydrogens is 204 g/mol. The summed E-state index contributed by atoms with van der Waals surface area (Å²) in [5.74, 6) is 0.603. The molecule has 0 spiro atoms. The highest BCUT2D eigenvalue weighted by molar-refractivity contribution is 5.52. The fraction of sp³-hybridized carbons (Fsp3) is 0.176. The van der Waals surface area contributed by atoms with Crippen LogP contribution in [0.25, 0.3) is 6.08 Å². The van der Waals surface area contributed by atoms with Crippen molar-refractivity contribution in [1.29, 1.82) is 0 Å². The first-order valence-electron chi connectivity index (χ1n) is 6.24. The van der Waals surface area contributed by atoms with Gasteiger partial charge in [0.15, 0.2) is 0 Å². The molecule has 0 aromatic heterocycles. The van der Waals surface area contributed by atoms with Crippen molar-refractivity contribution < 1.29 is 0 Å². The monoisotopic (exact) mass is 220 g/mol. The molecule has 1 atom stereocenters. The van der Waals surface area contributed by atoms with Crippen molar-refractivity contribution in [1.82, 2.24) is 0 Å². The Morgan fingerprint density at radius 2 is 1.65 bits per heavy atom. The van der Waals surface area contributed by atoms with Crippen molar-refractivity contribution in [3.8, 4) is 0 Å². The van der Waals surface area contributed by atoms with E-state index in [1.165, 1.54) is 29.5 Å². The summed E-state index contributed by atoms with van der Waals surface area (Å²) in [6.45, 7) is 0. The molecule has 1 aliphatic rings. The van der Waals surface area contributed by atoms with Gasteiger partial charge in [-0.2, -0.15) is 0 Å². The van der Waals surface area contributed by atoms with Crippen LogP contribution in [0.5, 0.6) is 0 Å². The first kappa shape index (κ1) is 10.3. The Morgan fingerprint density at radius 3 is 2.53 bits per heavy atom. The summed E-state index contributed by atoms with van der Waals surface area (Å²) in [6.07, 6.45) is 7.07. The molecule has 17 heavy (non-hydrogen) atoms. The molecule has 84 valence electrons. The molecule has 0 bridgehead atoms. The molecular formula is C17H16. The van der Waals surface area contributed by atoms with Crippen LogP contribution >= 0.6 is 0 Å². The largest absolute Gasteiger partial charge is 0.0764 e. The average molecular weight is 220 g/mol. The summed E-state index contributed by atoms with van der Waals surface area (Å²) >= 11 is 0. The number of hydrogen-bond acceptors (Lipinski definition) is 0. The summed E-state index contributed by atoms with van der Waals surface area (Å²) in [7, 11) is 0. The van der Waals surface area contributed by atoms with E-state index < -0.39 is 0 Å². The molecule has 0 heterocycles. The topological polar surface area (TPSA) is 0 Å². The molecule has 0 aliphatic heterocycles. The minimum atomic E-state index is 0.603. The van der Waals surface area contributed by atoms with Crippen LogP contribution in [0, 0.1) is 0 Å². The van der Waals surface area contributed by atoms with E-state index in [0.717, 1.165) is 0 Å². The van der Waals surface area contributed by atoms with E-state index in [9.17, 15) is 0 Å². The molecule has 1 aliphatic carbocycles. The second-order valence-corrected chi connectivity index (χ2v) is 4.61. The van der Waals surface area contributed by atoms with E-state index in [1.807, 2.05) is 0 Å². The van der Waals surface area contributed by atoms with E-state index in [4.69, 9.17) is 0 Å². The fourth-order valence-electron chi connectivity index (χ4n) is 2.58. The van der Waals surface area contributed by atoms with Crippen LogP contribution in [0.4, 0.5) is 0 Å². The number of allylic oxidation sites excluding steroid dienone is 1. The molecule has 0 radical (unpaired) electrons. The Labute approximate surface area is 103 Å². The van der Waals surface area contributed by atoms with Gasteiger partial charge in [0.2, 0.25) is 0 Å². The van der Waals surface area contributed by atoms with E-state index in [-0.39, 0.29) is 0 Å². The quantitative estimate of drug-likeness (QED) is 0.702. The summed E-state index contributed by atoms with van der Waals surface area (Å²) < 4.78 is 0. The number of aryl methyl sites for hydroxylation is 1. The number of hydrogen-bond donors (Lipinski definition) is 0. The Hall–Kier alpha value is -1.82. The van der Waals surface area contributed by atoms with Crippen LogP contribution in [0.1, 0.15) is 29.0 Å². The normalized spacial score (nSPS) is 18.5. The first-order chi connectivity index (χ1) is 8.43. The molecule has 3 rings (SSSR count). The smallest absolute Gasteiger partial charge is 0.00271 e.